The maximum Gasteiger partial charge on any atom is 0.251 e. The number of likely N-dealkylation sites (tertiary alicyclic amines) is 1. The average molecular weight is 198 g/mol. The molecule has 1 fully saturated rings. The van der Waals surface area contributed by atoms with Crippen LogP contribution in [0.2, 0.25) is 0 Å². The van der Waals surface area contributed by atoms with E-state index in [1.165, 1.54) is 0 Å². The van der Waals surface area contributed by atoms with E-state index in [0.29, 0.717) is 19.0 Å². The van der Waals surface area contributed by atoms with Crippen molar-refractivity contribution in [3.05, 3.63) is 0 Å². The monoisotopic (exact) mass is 197 g/mol. The lowest BCUT2D eigenvalue weighted by Crippen LogP contribution is -2.42. The lowest BCUT2D eigenvalue weighted by atomic mass is 10.00. The van der Waals surface area contributed by atoms with Gasteiger partial charge in [0.15, 0.2) is 0 Å². The van der Waals surface area contributed by atoms with Gasteiger partial charge in [0, 0.05) is 11.9 Å². The van der Waals surface area contributed by atoms with Gasteiger partial charge in [-0.2, -0.15) is 0 Å². The molecule has 1 heterocycles. The van der Waals surface area contributed by atoms with Gasteiger partial charge in [0.1, 0.15) is 0 Å². The molecule has 1 saturated heterocycles. The molecule has 1 rings (SSSR count). The highest BCUT2D eigenvalue weighted by molar-refractivity contribution is 6.20. The van der Waals surface area contributed by atoms with Gasteiger partial charge in [-0.1, -0.05) is 6.92 Å². The molecule has 0 bridgehead atoms. The molecule has 1 aliphatic rings. The van der Waals surface area contributed by atoms with Crippen LogP contribution in [0, 0.1) is 5.92 Å². The minimum absolute atomic E-state index is 0.103. The molecule has 0 amide bonds. The van der Waals surface area contributed by atoms with E-state index in [1.54, 1.807) is 4.90 Å². The van der Waals surface area contributed by atoms with Crippen LogP contribution < -0.4 is 0 Å². The average Bonchev–Trinajstić information content (AvgIpc) is 1.96. The Labute approximate surface area is 76.7 Å². The highest BCUT2D eigenvalue weighted by Gasteiger charge is 2.25. The van der Waals surface area contributed by atoms with E-state index in [0.717, 1.165) is 6.42 Å². The van der Waals surface area contributed by atoms with Gasteiger partial charge in [-0.3, -0.25) is 4.90 Å². The van der Waals surface area contributed by atoms with Gasteiger partial charge >= 0.3 is 0 Å². The van der Waals surface area contributed by atoms with Crippen molar-refractivity contribution in [3.8, 4) is 0 Å². The molecular formula is C8H14ClF2N. The summed E-state index contributed by atoms with van der Waals surface area (Å²) in [7, 11) is 0. The molecule has 0 N–H and O–H groups in total. The molecule has 0 spiro atoms. The molecule has 12 heavy (non-hydrogen) atoms. The van der Waals surface area contributed by atoms with Crippen molar-refractivity contribution < 1.29 is 8.78 Å². The smallest absolute Gasteiger partial charge is 0.251 e. The first-order valence-corrected chi connectivity index (χ1v) is 4.68. The van der Waals surface area contributed by atoms with E-state index in [2.05, 4.69) is 0 Å². The van der Waals surface area contributed by atoms with Crippen LogP contribution in [0.1, 0.15) is 13.3 Å². The number of halogens is 3. The molecule has 2 atom stereocenters. The number of piperidine rings is 1. The Morgan fingerprint density at radius 2 is 2.25 bits per heavy atom. The van der Waals surface area contributed by atoms with E-state index in [1.807, 2.05) is 6.92 Å². The molecule has 0 aromatic carbocycles. The van der Waals surface area contributed by atoms with Gasteiger partial charge in [-0.25, -0.2) is 8.78 Å². The van der Waals surface area contributed by atoms with E-state index in [4.69, 9.17) is 11.6 Å². The van der Waals surface area contributed by atoms with Gasteiger partial charge in [-0.05, 0) is 18.9 Å². The number of hydrogen-bond acceptors (Lipinski definition) is 1. The Kier molecular flexibility index (Phi) is 3.72. The second-order valence-electron chi connectivity index (χ2n) is 3.43. The van der Waals surface area contributed by atoms with E-state index >= 15 is 0 Å². The molecule has 1 nitrogen and oxygen atoms in total. The molecule has 0 radical (unpaired) electrons. The minimum atomic E-state index is -2.22. The highest BCUT2D eigenvalue weighted by Crippen LogP contribution is 2.21. The summed E-state index contributed by atoms with van der Waals surface area (Å²) in [5.74, 6) is 0.333. The molecule has 72 valence electrons. The van der Waals surface area contributed by atoms with Gasteiger partial charge in [-0.15, -0.1) is 11.6 Å². The summed E-state index contributed by atoms with van der Waals surface area (Å²) in [5.41, 5.74) is 0. The van der Waals surface area contributed by atoms with Crippen molar-refractivity contribution in [2.45, 2.75) is 25.1 Å². The summed E-state index contributed by atoms with van der Waals surface area (Å²) in [6.07, 6.45) is -1.39. The summed E-state index contributed by atoms with van der Waals surface area (Å²) >= 11 is 5.95. The van der Waals surface area contributed by atoms with Crippen molar-refractivity contribution >= 4 is 11.6 Å². The Morgan fingerprint density at radius 3 is 2.75 bits per heavy atom. The molecule has 0 saturated carbocycles. The second kappa shape index (κ2) is 4.38. The molecule has 4 heteroatoms. The standard InChI is InChI=1S/C8H14ClF2N/c1-6-4-12(5-8(10)11)3-2-7(6)9/h6-8H,2-5H2,1H3. The van der Waals surface area contributed by atoms with Gasteiger partial charge < -0.3 is 0 Å². The summed E-state index contributed by atoms with van der Waals surface area (Å²) in [5, 5.41) is 0.166. The van der Waals surface area contributed by atoms with Crippen LogP contribution in [0.25, 0.3) is 0 Å². The summed E-state index contributed by atoms with van der Waals surface area (Å²) < 4.78 is 23.9. The van der Waals surface area contributed by atoms with Gasteiger partial charge in [0.2, 0.25) is 0 Å². The second-order valence-corrected chi connectivity index (χ2v) is 3.99. The van der Waals surface area contributed by atoms with Crippen molar-refractivity contribution in [1.29, 1.82) is 0 Å². The zero-order valence-corrected chi connectivity index (χ0v) is 7.90. The third kappa shape index (κ3) is 2.87. The molecule has 1 aliphatic heterocycles. The van der Waals surface area contributed by atoms with E-state index < -0.39 is 6.43 Å². The van der Waals surface area contributed by atoms with Crippen LogP contribution in [0.15, 0.2) is 0 Å². The van der Waals surface area contributed by atoms with Crippen LogP contribution >= 0.6 is 11.6 Å². The molecule has 2 unspecified atom stereocenters. The number of alkyl halides is 3. The van der Waals surface area contributed by atoms with Crippen LogP contribution in [-0.4, -0.2) is 36.3 Å². The number of nitrogens with zero attached hydrogens (tertiary/aromatic N) is 1. The van der Waals surface area contributed by atoms with Crippen molar-refractivity contribution in [2.24, 2.45) is 5.92 Å². The first kappa shape index (κ1) is 10.2. The Balaban J connectivity index is 2.30. The summed E-state index contributed by atoms with van der Waals surface area (Å²) in [4.78, 5) is 1.79. The topological polar surface area (TPSA) is 3.24 Å². The molecule has 0 aliphatic carbocycles. The van der Waals surface area contributed by atoms with Gasteiger partial charge in [0.05, 0.1) is 6.54 Å². The first-order valence-electron chi connectivity index (χ1n) is 4.24. The van der Waals surface area contributed by atoms with Crippen LogP contribution in [0.3, 0.4) is 0 Å². The first-order chi connectivity index (χ1) is 5.59. The largest absolute Gasteiger partial charge is 0.297 e. The maximum atomic E-state index is 12.0. The third-order valence-corrected chi connectivity index (χ3v) is 2.93. The van der Waals surface area contributed by atoms with E-state index in [9.17, 15) is 8.78 Å². The molecule has 0 aromatic heterocycles. The zero-order chi connectivity index (χ0) is 9.14. The van der Waals surface area contributed by atoms with Gasteiger partial charge in [0.25, 0.3) is 6.43 Å². The Bertz CT molecular complexity index is 143. The fraction of sp³-hybridized carbons (Fsp3) is 1.00. The van der Waals surface area contributed by atoms with Crippen molar-refractivity contribution in [3.63, 3.8) is 0 Å². The summed E-state index contributed by atoms with van der Waals surface area (Å²) in [6, 6.07) is 0. The zero-order valence-electron chi connectivity index (χ0n) is 7.14. The van der Waals surface area contributed by atoms with Crippen molar-refractivity contribution in [1.82, 2.24) is 4.90 Å². The highest BCUT2D eigenvalue weighted by atomic mass is 35.5. The Morgan fingerprint density at radius 1 is 1.58 bits per heavy atom. The fourth-order valence-electron chi connectivity index (χ4n) is 1.56. The van der Waals surface area contributed by atoms with Crippen molar-refractivity contribution in [2.75, 3.05) is 19.6 Å². The maximum absolute atomic E-state index is 12.0. The lowest BCUT2D eigenvalue weighted by molar-refractivity contribution is 0.0684. The van der Waals surface area contributed by atoms with E-state index in [-0.39, 0.29) is 11.9 Å². The number of hydrogen-bond donors (Lipinski definition) is 0. The quantitative estimate of drug-likeness (QED) is 0.614. The third-order valence-electron chi connectivity index (χ3n) is 2.28. The Hall–Kier alpha value is 0.110. The molecule has 0 aromatic rings. The SMILES string of the molecule is CC1CN(CC(F)F)CCC1Cl. The van der Waals surface area contributed by atoms with Crippen LogP contribution in [0.5, 0.6) is 0 Å². The predicted molar refractivity (Wildman–Crippen MR) is 45.9 cm³/mol. The molecular weight excluding hydrogens is 184 g/mol. The predicted octanol–water partition coefficient (Wildman–Crippen LogP) is 2.20. The summed E-state index contributed by atoms with van der Waals surface area (Å²) in [6.45, 7) is 3.32. The normalized spacial score (nSPS) is 32.8. The number of rotatable bonds is 2. The lowest BCUT2D eigenvalue weighted by Gasteiger charge is -2.33. The minimum Gasteiger partial charge on any atom is -0.297 e. The van der Waals surface area contributed by atoms with Crippen LogP contribution in [0.4, 0.5) is 8.78 Å². The fourth-order valence-corrected chi connectivity index (χ4v) is 1.74. The van der Waals surface area contributed by atoms with Crippen LogP contribution in [-0.2, 0) is 0 Å².